The van der Waals surface area contributed by atoms with Crippen LogP contribution in [0.1, 0.15) is 38.3 Å². The van der Waals surface area contributed by atoms with E-state index in [1.807, 2.05) is 12.1 Å². The van der Waals surface area contributed by atoms with Gasteiger partial charge in [0, 0.05) is 17.3 Å². The zero-order valence-electron chi connectivity index (χ0n) is 10.6. The van der Waals surface area contributed by atoms with E-state index < -0.39 is 0 Å². The van der Waals surface area contributed by atoms with Crippen LogP contribution in [0, 0.1) is 0 Å². The van der Waals surface area contributed by atoms with Crippen LogP contribution in [0.15, 0.2) is 24.3 Å². The number of hydrogen-bond acceptors (Lipinski definition) is 3. The molecule has 3 heteroatoms. The number of rotatable bonds is 4. The molecule has 0 aromatic heterocycles. The predicted octanol–water partition coefficient (Wildman–Crippen LogP) is 3.33. The lowest BCUT2D eigenvalue weighted by atomic mass is 10.0. The second kappa shape index (κ2) is 5.32. The zero-order chi connectivity index (χ0) is 12.3. The highest BCUT2D eigenvalue weighted by molar-refractivity contribution is 8.00. The lowest BCUT2D eigenvalue weighted by Gasteiger charge is -2.26. The second-order valence-corrected chi connectivity index (χ2v) is 6.78. The van der Waals surface area contributed by atoms with E-state index in [9.17, 15) is 5.11 Å². The van der Waals surface area contributed by atoms with Crippen molar-refractivity contribution >= 4 is 11.8 Å². The lowest BCUT2D eigenvalue weighted by Crippen LogP contribution is -2.34. The van der Waals surface area contributed by atoms with Gasteiger partial charge in [0.25, 0.3) is 0 Å². The van der Waals surface area contributed by atoms with Crippen molar-refractivity contribution in [1.82, 2.24) is 5.32 Å². The minimum absolute atomic E-state index is 0.292. The summed E-state index contributed by atoms with van der Waals surface area (Å²) in [5, 5.41) is 13.0. The Labute approximate surface area is 108 Å². The van der Waals surface area contributed by atoms with Crippen molar-refractivity contribution in [2.45, 2.75) is 37.5 Å². The minimum atomic E-state index is 0.292. The highest BCUT2D eigenvalue weighted by atomic mass is 32.2. The molecule has 1 aliphatic rings. The molecule has 2 N–H and O–H groups in total. The minimum Gasteiger partial charge on any atom is -0.508 e. The van der Waals surface area contributed by atoms with E-state index in [-0.39, 0.29) is 0 Å². The van der Waals surface area contributed by atoms with Crippen LogP contribution in [-0.2, 0) is 0 Å². The number of phenolic OH excluding ortho intramolecular Hbond substituents is 1. The Bertz CT molecular complexity index is 374. The van der Waals surface area contributed by atoms with Gasteiger partial charge < -0.3 is 10.4 Å². The van der Waals surface area contributed by atoms with Crippen LogP contribution in [0.3, 0.4) is 0 Å². The van der Waals surface area contributed by atoms with Gasteiger partial charge in [0.2, 0.25) is 0 Å². The quantitative estimate of drug-likeness (QED) is 0.861. The maximum absolute atomic E-state index is 9.46. The van der Waals surface area contributed by atoms with Gasteiger partial charge in [0.1, 0.15) is 5.75 Å². The van der Waals surface area contributed by atoms with Gasteiger partial charge in [0.05, 0.1) is 0 Å². The standard InChI is InChI=1S/C14H21NOS/c1-11(12-5-3-6-13(16)9-12)15-10-14(2)7-4-8-17-14/h3,5-6,9,11,15-16H,4,7-8,10H2,1-2H3. The Morgan fingerprint density at radius 3 is 3.00 bits per heavy atom. The summed E-state index contributed by atoms with van der Waals surface area (Å²) in [6.45, 7) is 5.53. The van der Waals surface area contributed by atoms with Crippen molar-refractivity contribution in [3.05, 3.63) is 29.8 Å². The van der Waals surface area contributed by atoms with E-state index >= 15 is 0 Å². The average Bonchev–Trinajstić information content (AvgIpc) is 2.74. The molecule has 0 saturated carbocycles. The highest BCUT2D eigenvalue weighted by Crippen LogP contribution is 2.37. The van der Waals surface area contributed by atoms with Gasteiger partial charge >= 0.3 is 0 Å². The number of thioether (sulfide) groups is 1. The van der Waals surface area contributed by atoms with E-state index in [0.717, 1.165) is 12.1 Å². The second-order valence-electron chi connectivity index (χ2n) is 5.10. The fourth-order valence-electron chi connectivity index (χ4n) is 2.26. The Morgan fingerprint density at radius 1 is 1.53 bits per heavy atom. The molecule has 2 nitrogen and oxygen atoms in total. The zero-order valence-corrected chi connectivity index (χ0v) is 11.4. The molecule has 0 aliphatic carbocycles. The molecule has 0 bridgehead atoms. The van der Waals surface area contributed by atoms with Gasteiger partial charge in [-0.25, -0.2) is 0 Å². The van der Waals surface area contributed by atoms with Crippen LogP contribution in [0.4, 0.5) is 0 Å². The molecular formula is C14H21NOS. The van der Waals surface area contributed by atoms with Crippen LogP contribution in [0.2, 0.25) is 0 Å². The van der Waals surface area contributed by atoms with Crippen LogP contribution < -0.4 is 5.32 Å². The number of nitrogens with one attached hydrogen (secondary N) is 1. The van der Waals surface area contributed by atoms with E-state index in [4.69, 9.17) is 0 Å². The Balaban J connectivity index is 1.91. The van der Waals surface area contributed by atoms with E-state index in [1.165, 1.54) is 18.6 Å². The van der Waals surface area contributed by atoms with Gasteiger partial charge in [0.15, 0.2) is 0 Å². The van der Waals surface area contributed by atoms with Crippen molar-refractivity contribution in [1.29, 1.82) is 0 Å². The molecule has 1 heterocycles. The molecule has 0 radical (unpaired) electrons. The summed E-state index contributed by atoms with van der Waals surface area (Å²) in [4.78, 5) is 0. The van der Waals surface area contributed by atoms with Crippen molar-refractivity contribution < 1.29 is 5.11 Å². The smallest absolute Gasteiger partial charge is 0.115 e. The van der Waals surface area contributed by atoms with Gasteiger partial charge in [-0.3, -0.25) is 0 Å². The fourth-order valence-corrected chi connectivity index (χ4v) is 3.51. The Hall–Kier alpha value is -0.670. The highest BCUT2D eigenvalue weighted by Gasteiger charge is 2.29. The van der Waals surface area contributed by atoms with Crippen molar-refractivity contribution in [2.75, 3.05) is 12.3 Å². The van der Waals surface area contributed by atoms with Gasteiger partial charge in [-0.15, -0.1) is 0 Å². The third-order valence-electron chi connectivity index (χ3n) is 3.45. The van der Waals surface area contributed by atoms with E-state index in [0.29, 0.717) is 16.5 Å². The summed E-state index contributed by atoms with van der Waals surface area (Å²) in [6.07, 6.45) is 2.64. The Morgan fingerprint density at radius 2 is 2.35 bits per heavy atom. The largest absolute Gasteiger partial charge is 0.508 e. The molecule has 1 fully saturated rings. The monoisotopic (exact) mass is 251 g/mol. The first kappa shape index (κ1) is 12.8. The number of benzene rings is 1. The molecule has 17 heavy (non-hydrogen) atoms. The third-order valence-corrected chi connectivity index (χ3v) is 4.99. The molecular weight excluding hydrogens is 230 g/mol. The summed E-state index contributed by atoms with van der Waals surface area (Å²) in [5.74, 6) is 1.64. The maximum atomic E-state index is 9.46. The molecule has 0 spiro atoms. The van der Waals surface area contributed by atoms with Gasteiger partial charge in [-0.1, -0.05) is 12.1 Å². The van der Waals surface area contributed by atoms with Crippen molar-refractivity contribution in [3.8, 4) is 5.75 Å². The summed E-state index contributed by atoms with van der Waals surface area (Å²) < 4.78 is 0.394. The Kier molecular flexibility index (Phi) is 4.00. The number of aromatic hydroxyl groups is 1. The van der Waals surface area contributed by atoms with Crippen molar-refractivity contribution in [2.24, 2.45) is 0 Å². The van der Waals surface area contributed by atoms with Gasteiger partial charge in [-0.2, -0.15) is 11.8 Å². The topological polar surface area (TPSA) is 32.3 Å². The van der Waals surface area contributed by atoms with E-state index in [1.54, 1.807) is 6.07 Å². The molecule has 0 amide bonds. The molecule has 1 aromatic rings. The fraction of sp³-hybridized carbons (Fsp3) is 0.571. The first-order chi connectivity index (χ1) is 8.09. The molecule has 94 valence electrons. The lowest BCUT2D eigenvalue weighted by molar-refractivity contribution is 0.467. The van der Waals surface area contributed by atoms with Crippen LogP contribution in [-0.4, -0.2) is 22.2 Å². The van der Waals surface area contributed by atoms with Gasteiger partial charge in [-0.05, 0) is 50.1 Å². The van der Waals surface area contributed by atoms with Crippen LogP contribution in [0.25, 0.3) is 0 Å². The normalized spacial score (nSPS) is 26.0. The molecule has 2 atom stereocenters. The molecule has 2 rings (SSSR count). The number of hydrogen-bond donors (Lipinski definition) is 2. The summed E-state index contributed by atoms with van der Waals surface area (Å²) in [6, 6.07) is 7.79. The van der Waals surface area contributed by atoms with Crippen LogP contribution >= 0.6 is 11.8 Å². The molecule has 1 saturated heterocycles. The summed E-state index contributed by atoms with van der Waals surface area (Å²) in [7, 11) is 0. The first-order valence-corrected chi connectivity index (χ1v) is 7.24. The SMILES string of the molecule is CC(NCC1(C)CCCS1)c1cccc(O)c1. The first-order valence-electron chi connectivity index (χ1n) is 6.25. The molecule has 1 aliphatic heterocycles. The third kappa shape index (κ3) is 3.39. The predicted molar refractivity (Wildman–Crippen MR) is 74.6 cm³/mol. The molecule has 2 unspecified atom stereocenters. The number of phenols is 1. The van der Waals surface area contributed by atoms with Crippen LogP contribution in [0.5, 0.6) is 5.75 Å². The summed E-state index contributed by atoms with van der Waals surface area (Å²) in [5.41, 5.74) is 1.15. The summed E-state index contributed by atoms with van der Waals surface area (Å²) >= 11 is 2.07. The average molecular weight is 251 g/mol. The van der Waals surface area contributed by atoms with Crippen molar-refractivity contribution in [3.63, 3.8) is 0 Å². The molecule has 1 aromatic carbocycles. The maximum Gasteiger partial charge on any atom is 0.115 e. The van der Waals surface area contributed by atoms with E-state index in [2.05, 4.69) is 37.0 Å².